The molecule has 1 aromatic carbocycles. The van der Waals surface area contributed by atoms with Gasteiger partial charge in [-0.25, -0.2) is 9.59 Å². The summed E-state index contributed by atoms with van der Waals surface area (Å²) >= 11 is 0. The molecule has 1 atom stereocenters. The van der Waals surface area contributed by atoms with Crippen molar-refractivity contribution in [3.63, 3.8) is 0 Å². The molecule has 0 radical (unpaired) electrons. The van der Waals surface area contributed by atoms with Gasteiger partial charge in [-0.15, -0.1) is 0 Å². The van der Waals surface area contributed by atoms with Crippen LogP contribution >= 0.6 is 0 Å². The van der Waals surface area contributed by atoms with Gasteiger partial charge in [-0.05, 0) is 31.5 Å². The molecule has 0 saturated heterocycles. The number of fused-ring (bicyclic) bond motifs is 1. The van der Waals surface area contributed by atoms with E-state index >= 15 is 0 Å². The molecule has 0 saturated carbocycles. The van der Waals surface area contributed by atoms with Crippen LogP contribution in [-0.4, -0.2) is 44.6 Å². The van der Waals surface area contributed by atoms with Gasteiger partial charge in [0.1, 0.15) is 0 Å². The number of carbonyl (C=O) groups excluding carboxylic acids is 1. The number of nitrogens with one attached hydrogen (secondary N) is 3. The minimum Gasteiger partial charge on any atom is -0.479 e. The molecule has 2 aromatic rings. The van der Waals surface area contributed by atoms with Gasteiger partial charge in [-0.1, -0.05) is 0 Å². The number of nitrogens with zero attached hydrogens (tertiary/aromatic N) is 1. The van der Waals surface area contributed by atoms with E-state index in [1.54, 1.807) is 18.3 Å². The Morgan fingerprint density at radius 3 is 2.81 bits per heavy atom. The Morgan fingerprint density at radius 1 is 1.43 bits per heavy atom. The van der Waals surface area contributed by atoms with E-state index in [0.29, 0.717) is 5.69 Å². The Kier molecular flexibility index (Phi) is 3.81. The number of carbonyl (C=O) groups is 2. The maximum Gasteiger partial charge on any atom is 0.337 e. The van der Waals surface area contributed by atoms with E-state index in [1.807, 2.05) is 6.92 Å². The third-order valence-corrected chi connectivity index (χ3v) is 3.08. The second kappa shape index (κ2) is 5.41. The quantitative estimate of drug-likeness (QED) is 0.570. The molecular weight excluding hydrogens is 276 g/mol. The molecule has 2 rings (SSSR count). The Labute approximate surface area is 120 Å². The predicted octanol–water partition coefficient (Wildman–Crippen LogP) is 0.828. The van der Waals surface area contributed by atoms with Crippen molar-refractivity contribution in [1.82, 2.24) is 15.5 Å². The van der Waals surface area contributed by atoms with E-state index in [2.05, 4.69) is 20.8 Å². The van der Waals surface area contributed by atoms with Gasteiger partial charge in [0.2, 0.25) is 0 Å². The van der Waals surface area contributed by atoms with Crippen LogP contribution in [0.4, 0.5) is 10.5 Å². The van der Waals surface area contributed by atoms with Gasteiger partial charge in [0.25, 0.3) is 0 Å². The van der Waals surface area contributed by atoms with Crippen LogP contribution in [0.2, 0.25) is 0 Å². The van der Waals surface area contributed by atoms with Crippen LogP contribution in [0.1, 0.15) is 12.5 Å². The highest BCUT2D eigenvalue weighted by Crippen LogP contribution is 2.21. The highest BCUT2D eigenvalue weighted by Gasteiger charge is 2.30. The van der Waals surface area contributed by atoms with E-state index in [1.165, 1.54) is 0 Å². The smallest absolute Gasteiger partial charge is 0.337 e. The number of aliphatic carboxylic acids is 1. The van der Waals surface area contributed by atoms with Crippen LogP contribution < -0.4 is 10.6 Å². The summed E-state index contributed by atoms with van der Waals surface area (Å²) in [5.74, 6) is -1.41. The van der Waals surface area contributed by atoms with Crippen LogP contribution in [0.3, 0.4) is 0 Å². The highest BCUT2D eigenvalue weighted by atomic mass is 16.4. The lowest BCUT2D eigenvalue weighted by Gasteiger charge is -2.18. The zero-order chi connectivity index (χ0) is 15.6. The minimum absolute atomic E-state index is 0.403. The van der Waals surface area contributed by atoms with Gasteiger partial charge in [0.05, 0.1) is 18.3 Å². The van der Waals surface area contributed by atoms with Crippen LogP contribution in [0.5, 0.6) is 0 Å². The monoisotopic (exact) mass is 292 g/mol. The number of hydrogen-bond donors (Lipinski definition) is 5. The van der Waals surface area contributed by atoms with Crippen molar-refractivity contribution in [2.75, 3.05) is 11.9 Å². The zero-order valence-corrected chi connectivity index (χ0v) is 11.6. The third-order valence-electron chi connectivity index (χ3n) is 3.08. The molecule has 8 nitrogen and oxygen atoms in total. The summed E-state index contributed by atoms with van der Waals surface area (Å²) in [5, 5.41) is 30.8. The topological polar surface area (TPSA) is 127 Å². The lowest BCUT2D eigenvalue weighted by atomic mass is 10.1. The molecule has 0 spiro atoms. The number of benzene rings is 1. The summed E-state index contributed by atoms with van der Waals surface area (Å²) in [6.07, 6.45) is 1.69. The summed E-state index contributed by atoms with van der Waals surface area (Å²) in [7, 11) is 0. The number of H-pyrrole nitrogens is 1. The molecule has 112 valence electrons. The van der Waals surface area contributed by atoms with Crippen molar-refractivity contribution in [2.45, 2.75) is 19.4 Å². The first-order valence-corrected chi connectivity index (χ1v) is 6.24. The van der Waals surface area contributed by atoms with Crippen molar-refractivity contribution >= 4 is 28.6 Å². The average molecular weight is 292 g/mol. The van der Waals surface area contributed by atoms with Crippen molar-refractivity contribution in [2.24, 2.45) is 0 Å². The molecule has 0 aliphatic rings. The first-order chi connectivity index (χ1) is 9.79. The van der Waals surface area contributed by atoms with E-state index in [9.17, 15) is 14.7 Å². The largest absolute Gasteiger partial charge is 0.479 e. The number of urea groups is 1. The van der Waals surface area contributed by atoms with E-state index in [4.69, 9.17) is 5.11 Å². The first kappa shape index (κ1) is 14.8. The summed E-state index contributed by atoms with van der Waals surface area (Å²) in [5.41, 5.74) is 0.245. The van der Waals surface area contributed by atoms with Crippen molar-refractivity contribution in [3.05, 3.63) is 23.9 Å². The predicted molar refractivity (Wildman–Crippen MR) is 76.1 cm³/mol. The molecule has 1 aromatic heterocycles. The second-order valence-corrected chi connectivity index (χ2v) is 5.01. The SMILES string of the molecule is Cc1cc(NC(=O)NCC(C)(O)C(=O)O)cc2[nH]ncc12. The molecule has 0 fully saturated rings. The number of aromatic nitrogens is 2. The van der Waals surface area contributed by atoms with Gasteiger partial charge in [0, 0.05) is 11.1 Å². The molecule has 8 heteroatoms. The Morgan fingerprint density at radius 2 is 2.14 bits per heavy atom. The van der Waals surface area contributed by atoms with E-state index in [-0.39, 0.29) is 0 Å². The molecule has 0 aliphatic carbocycles. The average Bonchev–Trinajstić information content (AvgIpc) is 2.85. The van der Waals surface area contributed by atoms with Gasteiger partial charge in [-0.3, -0.25) is 5.10 Å². The number of rotatable bonds is 4. The number of anilines is 1. The number of carboxylic acid groups (broad SMARTS) is 1. The molecule has 0 bridgehead atoms. The van der Waals surface area contributed by atoms with Gasteiger partial charge >= 0.3 is 12.0 Å². The summed E-state index contributed by atoms with van der Waals surface area (Å²) in [6.45, 7) is 2.59. The number of hydrogen-bond acceptors (Lipinski definition) is 4. The Balaban J connectivity index is 2.03. The number of aryl methyl sites for hydroxylation is 1. The highest BCUT2D eigenvalue weighted by molar-refractivity contribution is 5.93. The van der Waals surface area contributed by atoms with Gasteiger partial charge in [0.15, 0.2) is 5.60 Å². The molecule has 5 N–H and O–H groups in total. The molecule has 1 unspecified atom stereocenters. The van der Waals surface area contributed by atoms with Crippen LogP contribution in [-0.2, 0) is 4.79 Å². The number of amides is 2. The van der Waals surface area contributed by atoms with E-state index < -0.39 is 24.1 Å². The van der Waals surface area contributed by atoms with Crippen LogP contribution in [0, 0.1) is 6.92 Å². The molecule has 1 heterocycles. The van der Waals surface area contributed by atoms with Crippen molar-refractivity contribution < 1.29 is 19.8 Å². The lowest BCUT2D eigenvalue weighted by Crippen LogP contribution is -2.47. The van der Waals surface area contributed by atoms with Crippen molar-refractivity contribution in [1.29, 1.82) is 0 Å². The Bertz CT molecular complexity index is 693. The molecule has 21 heavy (non-hydrogen) atoms. The molecular formula is C13H16N4O4. The first-order valence-electron chi connectivity index (χ1n) is 6.24. The maximum absolute atomic E-state index is 11.7. The second-order valence-electron chi connectivity index (χ2n) is 5.01. The third kappa shape index (κ3) is 3.29. The zero-order valence-electron chi connectivity index (χ0n) is 11.6. The summed E-state index contributed by atoms with van der Waals surface area (Å²) in [6, 6.07) is 2.88. The van der Waals surface area contributed by atoms with Crippen LogP contribution in [0.15, 0.2) is 18.3 Å². The number of aromatic amines is 1. The normalized spacial score (nSPS) is 13.7. The number of carboxylic acids is 1. The fraction of sp³-hybridized carbons (Fsp3) is 0.308. The summed E-state index contributed by atoms with van der Waals surface area (Å²) in [4.78, 5) is 22.4. The van der Waals surface area contributed by atoms with E-state index in [0.717, 1.165) is 23.4 Å². The maximum atomic E-state index is 11.7. The summed E-state index contributed by atoms with van der Waals surface area (Å²) < 4.78 is 0. The lowest BCUT2D eigenvalue weighted by molar-refractivity contribution is -0.155. The fourth-order valence-electron chi connectivity index (χ4n) is 1.80. The van der Waals surface area contributed by atoms with Gasteiger partial charge < -0.3 is 20.8 Å². The minimum atomic E-state index is -2.01. The number of aliphatic hydroxyl groups is 1. The fourth-order valence-corrected chi connectivity index (χ4v) is 1.80. The molecule has 0 aliphatic heterocycles. The Hall–Kier alpha value is -2.61. The van der Waals surface area contributed by atoms with Gasteiger partial charge in [-0.2, -0.15) is 5.10 Å². The van der Waals surface area contributed by atoms with Crippen molar-refractivity contribution in [3.8, 4) is 0 Å². The standard InChI is InChI=1S/C13H16N4O4/c1-7-3-8(4-10-9(7)5-15-17-10)16-12(20)14-6-13(2,21)11(18)19/h3-5,21H,6H2,1-2H3,(H,15,17)(H,18,19)(H2,14,16,20). The molecule has 2 amide bonds. The van der Waals surface area contributed by atoms with Crippen LogP contribution in [0.25, 0.3) is 10.9 Å².